The lowest BCUT2D eigenvalue weighted by Gasteiger charge is -2.34. The Kier molecular flexibility index (Phi) is 7.91. The van der Waals surface area contributed by atoms with E-state index in [9.17, 15) is 14.4 Å². The Labute approximate surface area is 194 Å². The number of rotatable bonds is 7. The third-order valence-electron chi connectivity index (χ3n) is 5.66. The summed E-state index contributed by atoms with van der Waals surface area (Å²) >= 11 is 0. The van der Waals surface area contributed by atoms with Crippen molar-refractivity contribution in [3.8, 4) is 0 Å². The summed E-state index contributed by atoms with van der Waals surface area (Å²) in [5, 5.41) is 5.60. The van der Waals surface area contributed by atoms with E-state index in [1.54, 1.807) is 18.7 Å². The SMILES string of the molecule is CCOC(=O)C(C)NC(=O)N1CCN(Cc2nc3cc(C(=O)NC(C)C)ccc3n2C)CC1. The highest BCUT2D eigenvalue weighted by Crippen LogP contribution is 2.19. The second-order valence-electron chi connectivity index (χ2n) is 8.61. The number of hydrogen-bond donors (Lipinski definition) is 2. The minimum absolute atomic E-state index is 0.0709. The number of hydrogen-bond acceptors (Lipinski definition) is 6. The van der Waals surface area contributed by atoms with Crippen LogP contribution in [0.1, 0.15) is 43.9 Å². The fourth-order valence-electron chi connectivity index (χ4n) is 3.79. The van der Waals surface area contributed by atoms with Gasteiger partial charge in [0.1, 0.15) is 11.9 Å². The van der Waals surface area contributed by atoms with Gasteiger partial charge in [-0.05, 0) is 45.9 Å². The zero-order valence-corrected chi connectivity index (χ0v) is 20.1. The average Bonchev–Trinajstić information content (AvgIpc) is 3.08. The fraction of sp³-hybridized carbons (Fsp3) is 0.565. The molecule has 2 N–H and O–H groups in total. The van der Waals surface area contributed by atoms with Crippen molar-refractivity contribution in [3.05, 3.63) is 29.6 Å². The van der Waals surface area contributed by atoms with Crippen LogP contribution in [0.5, 0.6) is 0 Å². The van der Waals surface area contributed by atoms with Crippen molar-refractivity contribution >= 4 is 28.9 Å². The zero-order chi connectivity index (χ0) is 24.1. The van der Waals surface area contributed by atoms with Crippen LogP contribution >= 0.6 is 0 Å². The highest BCUT2D eigenvalue weighted by Gasteiger charge is 2.25. The molecule has 1 unspecified atom stereocenters. The van der Waals surface area contributed by atoms with Crippen LogP contribution in [0.2, 0.25) is 0 Å². The molecule has 1 aromatic heterocycles. The number of fused-ring (bicyclic) bond motifs is 1. The van der Waals surface area contributed by atoms with Crippen LogP contribution in [0, 0.1) is 0 Å². The van der Waals surface area contributed by atoms with E-state index in [1.807, 2.05) is 43.7 Å². The third-order valence-corrected chi connectivity index (χ3v) is 5.66. The third kappa shape index (κ3) is 6.01. The Bertz CT molecular complexity index is 1010. The number of aryl methyl sites for hydroxylation is 1. The number of aromatic nitrogens is 2. The van der Waals surface area contributed by atoms with Crippen molar-refractivity contribution in [1.82, 2.24) is 30.0 Å². The highest BCUT2D eigenvalue weighted by atomic mass is 16.5. The number of piperazine rings is 1. The van der Waals surface area contributed by atoms with Gasteiger partial charge >= 0.3 is 12.0 Å². The molecule has 3 amide bonds. The predicted octanol–water partition coefficient (Wildman–Crippen LogP) is 1.49. The zero-order valence-electron chi connectivity index (χ0n) is 20.1. The molecule has 2 heterocycles. The average molecular weight is 459 g/mol. The first-order valence-corrected chi connectivity index (χ1v) is 11.4. The lowest BCUT2D eigenvalue weighted by Crippen LogP contribution is -2.54. The van der Waals surface area contributed by atoms with Gasteiger partial charge < -0.3 is 24.8 Å². The molecule has 0 spiro atoms. The van der Waals surface area contributed by atoms with Gasteiger partial charge in [-0.1, -0.05) is 0 Å². The molecule has 0 radical (unpaired) electrons. The highest BCUT2D eigenvalue weighted by molar-refractivity contribution is 5.97. The van der Waals surface area contributed by atoms with Gasteiger partial charge in [0.05, 0.1) is 24.2 Å². The minimum atomic E-state index is -0.678. The summed E-state index contributed by atoms with van der Waals surface area (Å²) in [6, 6.07) is 4.70. The molecule has 0 aliphatic carbocycles. The van der Waals surface area contributed by atoms with E-state index in [2.05, 4.69) is 15.5 Å². The molecule has 1 aromatic carbocycles. The number of carbonyl (C=O) groups is 3. The minimum Gasteiger partial charge on any atom is -0.464 e. The number of nitrogens with one attached hydrogen (secondary N) is 2. The fourth-order valence-corrected chi connectivity index (χ4v) is 3.79. The van der Waals surface area contributed by atoms with Crippen LogP contribution in [-0.2, 0) is 23.1 Å². The second kappa shape index (κ2) is 10.7. The first-order chi connectivity index (χ1) is 15.7. The van der Waals surface area contributed by atoms with Crippen molar-refractivity contribution in [2.45, 2.75) is 46.3 Å². The molecule has 2 aromatic rings. The molecule has 180 valence electrons. The summed E-state index contributed by atoms with van der Waals surface area (Å²) < 4.78 is 6.98. The summed E-state index contributed by atoms with van der Waals surface area (Å²) in [7, 11) is 1.97. The van der Waals surface area contributed by atoms with Crippen molar-refractivity contribution in [3.63, 3.8) is 0 Å². The summed E-state index contributed by atoms with van der Waals surface area (Å²) in [6.45, 7) is 10.7. The molecular weight excluding hydrogens is 424 g/mol. The number of urea groups is 1. The Morgan fingerprint density at radius 1 is 1.09 bits per heavy atom. The number of esters is 1. The van der Waals surface area contributed by atoms with Crippen molar-refractivity contribution in [1.29, 1.82) is 0 Å². The van der Waals surface area contributed by atoms with E-state index in [-0.39, 0.29) is 24.6 Å². The van der Waals surface area contributed by atoms with Gasteiger partial charge in [0.15, 0.2) is 0 Å². The van der Waals surface area contributed by atoms with Gasteiger partial charge in [0.25, 0.3) is 5.91 Å². The van der Waals surface area contributed by atoms with Crippen LogP contribution in [-0.4, -0.2) is 82.1 Å². The summed E-state index contributed by atoms with van der Waals surface area (Å²) in [6.07, 6.45) is 0. The van der Waals surface area contributed by atoms with E-state index < -0.39 is 12.0 Å². The van der Waals surface area contributed by atoms with Crippen molar-refractivity contribution in [2.75, 3.05) is 32.8 Å². The molecule has 1 saturated heterocycles. The van der Waals surface area contributed by atoms with Gasteiger partial charge in [0, 0.05) is 44.8 Å². The molecule has 1 fully saturated rings. The molecule has 3 rings (SSSR count). The van der Waals surface area contributed by atoms with Gasteiger partial charge in [-0.3, -0.25) is 9.69 Å². The van der Waals surface area contributed by atoms with Crippen LogP contribution in [0.4, 0.5) is 4.79 Å². The molecule has 0 saturated carbocycles. The van der Waals surface area contributed by atoms with Crippen LogP contribution < -0.4 is 10.6 Å². The summed E-state index contributed by atoms with van der Waals surface area (Å²) in [5.41, 5.74) is 2.35. The van der Waals surface area contributed by atoms with Crippen LogP contribution in [0.3, 0.4) is 0 Å². The van der Waals surface area contributed by atoms with Crippen LogP contribution in [0.15, 0.2) is 18.2 Å². The number of imidazole rings is 1. The summed E-state index contributed by atoms with van der Waals surface area (Å²) in [4.78, 5) is 45.2. The number of amides is 3. The largest absolute Gasteiger partial charge is 0.464 e. The van der Waals surface area contributed by atoms with Crippen LogP contribution in [0.25, 0.3) is 11.0 Å². The number of carbonyl (C=O) groups excluding carboxylic acids is 3. The number of benzene rings is 1. The Hall–Kier alpha value is -3.14. The Morgan fingerprint density at radius 3 is 2.42 bits per heavy atom. The maximum Gasteiger partial charge on any atom is 0.328 e. The predicted molar refractivity (Wildman–Crippen MR) is 125 cm³/mol. The molecule has 1 atom stereocenters. The quantitative estimate of drug-likeness (QED) is 0.609. The lowest BCUT2D eigenvalue weighted by atomic mass is 10.2. The number of ether oxygens (including phenoxy) is 1. The molecule has 1 aliphatic rings. The Morgan fingerprint density at radius 2 is 1.79 bits per heavy atom. The normalized spacial score (nSPS) is 15.5. The lowest BCUT2D eigenvalue weighted by molar-refractivity contribution is -0.144. The second-order valence-corrected chi connectivity index (χ2v) is 8.61. The molecule has 0 bridgehead atoms. The first kappa shape index (κ1) is 24.5. The number of nitrogens with zero attached hydrogens (tertiary/aromatic N) is 4. The molecule has 1 aliphatic heterocycles. The molecule has 10 nitrogen and oxygen atoms in total. The molecule has 33 heavy (non-hydrogen) atoms. The van der Waals surface area contributed by atoms with Crippen molar-refractivity contribution < 1.29 is 19.1 Å². The van der Waals surface area contributed by atoms with E-state index in [4.69, 9.17) is 9.72 Å². The topological polar surface area (TPSA) is 109 Å². The van der Waals surface area contributed by atoms with E-state index in [0.717, 1.165) is 16.9 Å². The van der Waals surface area contributed by atoms with E-state index >= 15 is 0 Å². The van der Waals surface area contributed by atoms with E-state index in [0.29, 0.717) is 38.3 Å². The maximum absolute atomic E-state index is 12.4. The van der Waals surface area contributed by atoms with Gasteiger partial charge in [-0.2, -0.15) is 0 Å². The van der Waals surface area contributed by atoms with Gasteiger partial charge in [0.2, 0.25) is 0 Å². The van der Waals surface area contributed by atoms with Gasteiger partial charge in [-0.15, -0.1) is 0 Å². The molecule has 10 heteroatoms. The first-order valence-electron chi connectivity index (χ1n) is 11.4. The monoisotopic (exact) mass is 458 g/mol. The summed E-state index contributed by atoms with van der Waals surface area (Å²) in [5.74, 6) is 0.363. The maximum atomic E-state index is 12.4. The van der Waals surface area contributed by atoms with E-state index in [1.165, 1.54) is 0 Å². The standard InChI is InChI=1S/C23H34N6O4/c1-6-33-22(31)16(4)25-23(32)29-11-9-28(10-12-29)14-20-26-18-13-17(21(30)24-15(2)3)7-8-19(18)27(20)5/h7-8,13,15-16H,6,9-12,14H2,1-5H3,(H,24,30)(H,25,32). The Balaban J connectivity index is 1.58. The smallest absolute Gasteiger partial charge is 0.328 e. The van der Waals surface area contributed by atoms with Crippen molar-refractivity contribution in [2.24, 2.45) is 7.05 Å². The molecular formula is C23H34N6O4. The van der Waals surface area contributed by atoms with Gasteiger partial charge in [-0.25, -0.2) is 14.6 Å².